The Bertz CT molecular complexity index is 886. The predicted octanol–water partition coefficient (Wildman–Crippen LogP) is 4.75. The Morgan fingerprint density at radius 3 is 2.54 bits per heavy atom. The highest BCUT2D eigenvalue weighted by Gasteiger charge is 2.10. The molecule has 0 saturated carbocycles. The van der Waals surface area contributed by atoms with E-state index in [-0.39, 0.29) is 12.6 Å². The Kier molecular flexibility index (Phi) is 5.85. The van der Waals surface area contributed by atoms with Gasteiger partial charge in [0.05, 0.1) is 12.3 Å². The van der Waals surface area contributed by atoms with Gasteiger partial charge >= 0.3 is 0 Å². The lowest BCUT2D eigenvalue weighted by atomic mass is 10.1. The van der Waals surface area contributed by atoms with Gasteiger partial charge < -0.3 is 15.7 Å². The second-order valence-electron chi connectivity index (χ2n) is 6.14. The molecule has 0 aliphatic carbocycles. The Morgan fingerprint density at radius 1 is 1.08 bits per heavy atom. The number of rotatable bonds is 6. The van der Waals surface area contributed by atoms with Crippen LogP contribution in [0.4, 0.5) is 17.5 Å². The first-order valence-electron chi connectivity index (χ1n) is 8.40. The molecule has 0 fully saturated rings. The van der Waals surface area contributed by atoms with Gasteiger partial charge in [-0.05, 0) is 37.6 Å². The molecule has 2 aromatic carbocycles. The van der Waals surface area contributed by atoms with Crippen molar-refractivity contribution in [2.75, 3.05) is 17.2 Å². The number of hydrogen-bond donors (Lipinski definition) is 3. The average Bonchev–Trinajstić information content (AvgIpc) is 2.64. The van der Waals surface area contributed by atoms with Crippen LogP contribution in [0, 0.1) is 6.92 Å². The van der Waals surface area contributed by atoms with E-state index in [0.29, 0.717) is 11.8 Å². The summed E-state index contributed by atoms with van der Waals surface area (Å²) in [4.78, 5) is 9.14. The summed E-state index contributed by atoms with van der Waals surface area (Å²) in [6.07, 6.45) is 0. The van der Waals surface area contributed by atoms with Crippen molar-refractivity contribution in [2.45, 2.75) is 19.9 Å². The Balaban J connectivity index is 1.98. The number of aliphatic hydroxyl groups is 1. The van der Waals surface area contributed by atoms with Crippen LogP contribution in [0.3, 0.4) is 0 Å². The molecule has 0 saturated heterocycles. The van der Waals surface area contributed by atoms with E-state index in [0.717, 1.165) is 27.0 Å². The molecular weight excluding hydrogens is 392 g/mol. The summed E-state index contributed by atoms with van der Waals surface area (Å²) in [6.45, 7) is 3.93. The Labute approximate surface area is 161 Å². The molecule has 3 aromatic rings. The molecule has 6 heteroatoms. The third-order valence-corrected chi connectivity index (χ3v) is 4.39. The molecule has 1 aromatic heterocycles. The number of aliphatic hydroxyl groups excluding tert-OH is 1. The molecule has 3 rings (SSSR count). The Hall–Kier alpha value is -2.44. The van der Waals surface area contributed by atoms with Crippen LogP contribution in [-0.4, -0.2) is 27.7 Å². The van der Waals surface area contributed by atoms with Crippen LogP contribution >= 0.6 is 15.9 Å². The third kappa shape index (κ3) is 4.59. The van der Waals surface area contributed by atoms with Gasteiger partial charge in [-0.15, -0.1) is 0 Å². The standard InChI is InChI=1S/C20H21BrN4O/c1-13-10-16(21)8-9-17(13)23-19-11-18(15-6-4-3-5-7-15)24-20(25-19)22-14(2)12-26/h3-11,14,26H,12H2,1-2H3,(H2,22,23,24,25)/t14-/m1/s1. The van der Waals surface area contributed by atoms with Crippen molar-refractivity contribution in [1.29, 1.82) is 0 Å². The first-order valence-corrected chi connectivity index (χ1v) is 9.19. The largest absolute Gasteiger partial charge is 0.394 e. The van der Waals surface area contributed by atoms with Crippen LogP contribution in [0.1, 0.15) is 12.5 Å². The van der Waals surface area contributed by atoms with Gasteiger partial charge in [0.15, 0.2) is 0 Å². The maximum atomic E-state index is 9.31. The summed E-state index contributed by atoms with van der Waals surface area (Å²) in [5.41, 5.74) is 3.90. The fraction of sp³-hybridized carbons (Fsp3) is 0.200. The third-order valence-electron chi connectivity index (χ3n) is 3.90. The van der Waals surface area contributed by atoms with Gasteiger partial charge in [0.1, 0.15) is 5.82 Å². The summed E-state index contributed by atoms with van der Waals surface area (Å²) in [5.74, 6) is 1.17. The van der Waals surface area contributed by atoms with Crippen LogP contribution in [-0.2, 0) is 0 Å². The SMILES string of the molecule is Cc1cc(Br)ccc1Nc1cc(-c2ccccc2)nc(N[C@H](C)CO)n1. The molecule has 0 bridgehead atoms. The number of aromatic nitrogens is 2. The number of nitrogens with one attached hydrogen (secondary N) is 2. The van der Waals surface area contributed by atoms with E-state index in [1.165, 1.54) is 0 Å². The van der Waals surface area contributed by atoms with Crippen molar-refractivity contribution < 1.29 is 5.11 Å². The normalized spacial score (nSPS) is 11.8. The average molecular weight is 413 g/mol. The number of anilines is 3. The quantitative estimate of drug-likeness (QED) is 0.544. The van der Waals surface area contributed by atoms with E-state index in [4.69, 9.17) is 0 Å². The molecule has 0 radical (unpaired) electrons. The zero-order chi connectivity index (χ0) is 18.5. The lowest BCUT2D eigenvalue weighted by Gasteiger charge is -2.15. The lowest BCUT2D eigenvalue weighted by Crippen LogP contribution is -2.21. The van der Waals surface area contributed by atoms with Gasteiger partial charge in [-0.1, -0.05) is 46.3 Å². The molecule has 26 heavy (non-hydrogen) atoms. The fourth-order valence-corrected chi connectivity index (χ4v) is 2.98. The summed E-state index contributed by atoms with van der Waals surface area (Å²) >= 11 is 3.48. The number of benzene rings is 2. The van der Waals surface area contributed by atoms with E-state index < -0.39 is 0 Å². The highest BCUT2D eigenvalue weighted by molar-refractivity contribution is 9.10. The second kappa shape index (κ2) is 8.29. The van der Waals surface area contributed by atoms with Crippen molar-refractivity contribution >= 4 is 33.4 Å². The molecule has 134 valence electrons. The number of hydrogen-bond acceptors (Lipinski definition) is 5. The maximum absolute atomic E-state index is 9.31. The maximum Gasteiger partial charge on any atom is 0.225 e. The van der Waals surface area contributed by atoms with E-state index in [1.807, 2.05) is 62.4 Å². The van der Waals surface area contributed by atoms with Crippen molar-refractivity contribution in [2.24, 2.45) is 0 Å². The van der Waals surface area contributed by atoms with Crippen LogP contribution in [0.5, 0.6) is 0 Å². The monoisotopic (exact) mass is 412 g/mol. The molecular formula is C20H21BrN4O. The van der Waals surface area contributed by atoms with E-state index in [9.17, 15) is 5.11 Å². The van der Waals surface area contributed by atoms with E-state index in [2.05, 4.69) is 42.6 Å². The molecule has 0 aliphatic heterocycles. The molecule has 1 heterocycles. The van der Waals surface area contributed by atoms with Gasteiger partial charge in [-0.3, -0.25) is 0 Å². The minimum atomic E-state index is -0.136. The zero-order valence-electron chi connectivity index (χ0n) is 14.7. The smallest absolute Gasteiger partial charge is 0.225 e. The fourth-order valence-electron chi connectivity index (χ4n) is 2.50. The molecule has 0 unspecified atom stereocenters. The molecule has 3 N–H and O–H groups in total. The molecule has 1 atom stereocenters. The summed E-state index contributed by atoms with van der Waals surface area (Å²) in [5, 5.41) is 15.8. The molecule has 0 amide bonds. The van der Waals surface area contributed by atoms with Crippen LogP contribution in [0.2, 0.25) is 0 Å². The molecule has 5 nitrogen and oxygen atoms in total. The minimum absolute atomic E-state index is 0.00745. The van der Waals surface area contributed by atoms with Crippen molar-refractivity contribution in [1.82, 2.24) is 9.97 Å². The van der Waals surface area contributed by atoms with Gasteiger partial charge in [0.2, 0.25) is 5.95 Å². The predicted molar refractivity (Wildman–Crippen MR) is 110 cm³/mol. The number of aryl methyl sites for hydroxylation is 1. The summed E-state index contributed by atoms with van der Waals surface area (Å²) < 4.78 is 1.03. The van der Waals surface area contributed by atoms with Crippen LogP contribution in [0.25, 0.3) is 11.3 Å². The van der Waals surface area contributed by atoms with Crippen LogP contribution < -0.4 is 10.6 Å². The first-order chi connectivity index (χ1) is 12.5. The van der Waals surface area contributed by atoms with Gasteiger partial charge in [0, 0.05) is 27.8 Å². The highest BCUT2D eigenvalue weighted by atomic mass is 79.9. The first kappa shape index (κ1) is 18.4. The highest BCUT2D eigenvalue weighted by Crippen LogP contribution is 2.26. The molecule has 0 aliphatic rings. The van der Waals surface area contributed by atoms with Crippen molar-refractivity contribution in [3.8, 4) is 11.3 Å². The topological polar surface area (TPSA) is 70.1 Å². The lowest BCUT2D eigenvalue weighted by molar-refractivity contribution is 0.281. The summed E-state index contributed by atoms with van der Waals surface area (Å²) in [6, 6.07) is 17.8. The van der Waals surface area contributed by atoms with E-state index in [1.54, 1.807) is 0 Å². The van der Waals surface area contributed by atoms with Gasteiger partial charge in [-0.2, -0.15) is 4.98 Å². The number of halogens is 1. The summed E-state index contributed by atoms with van der Waals surface area (Å²) in [7, 11) is 0. The molecule has 0 spiro atoms. The minimum Gasteiger partial charge on any atom is -0.394 e. The van der Waals surface area contributed by atoms with Gasteiger partial charge in [-0.25, -0.2) is 4.98 Å². The van der Waals surface area contributed by atoms with Crippen LogP contribution in [0.15, 0.2) is 59.1 Å². The van der Waals surface area contributed by atoms with Gasteiger partial charge in [0.25, 0.3) is 0 Å². The van der Waals surface area contributed by atoms with Crippen molar-refractivity contribution in [3.63, 3.8) is 0 Å². The zero-order valence-corrected chi connectivity index (χ0v) is 16.3. The Morgan fingerprint density at radius 2 is 1.85 bits per heavy atom. The van der Waals surface area contributed by atoms with E-state index >= 15 is 0 Å². The second-order valence-corrected chi connectivity index (χ2v) is 7.06. The van der Waals surface area contributed by atoms with Crippen molar-refractivity contribution in [3.05, 3.63) is 64.6 Å². The number of nitrogens with zero attached hydrogens (tertiary/aromatic N) is 2.